The summed E-state index contributed by atoms with van der Waals surface area (Å²) in [6.45, 7) is 2.25. The fraction of sp³-hybridized carbons (Fsp3) is 0.130. The van der Waals surface area contributed by atoms with Gasteiger partial charge in [-0.15, -0.1) is 0 Å². The third-order valence-electron chi connectivity index (χ3n) is 4.80. The Morgan fingerprint density at radius 3 is 2.57 bits per heavy atom. The molecule has 3 aromatic rings. The van der Waals surface area contributed by atoms with Crippen LogP contribution in [-0.4, -0.2) is 23.4 Å². The minimum Gasteiger partial charge on any atom is -0.507 e. The molecule has 0 bridgehead atoms. The number of para-hydroxylation sites is 1. The maximum absolute atomic E-state index is 13.0. The summed E-state index contributed by atoms with van der Waals surface area (Å²) in [5, 5.41) is 11.3. The van der Waals surface area contributed by atoms with Gasteiger partial charge in [-0.2, -0.15) is 0 Å². The molecule has 1 aliphatic heterocycles. The lowest BCUT2D eigenvalue weighted by molar-refractivity contribution is -0.132. The first kappa shape index (κ1) is 19.8. The van der Waals surface area contributed by atoms with Crippen molar-refractivity contribution >= 4 is 34.7 Å². The number of hydrogen-bond acceptors (Lipinski definition) is 5. The molecule has 0 radical (unpaired) electrons. The molecular weight excluding hydrogens is 406 g/mol. The molecule has 0 spiro atoms. The van der Waals surface area contributed by atoms with Crippen LogP contribution >= 0.6 is 11.6 Å². The van der Waals surface area contributed by atoms with Crippen LogP contribution in [0, 0.1) is 0 Å². The highest BCUT2D eigenvalue weighted by Gasteiger charge is 2.48. The average Bonchev–Trinajstić information content (AvgIpc) is 3.37. The van der Waals surface area contributed by atoms with Gasteiger partial charge in [-0.3, -0.25) is 14.5 Å². The Kier molecular flexibility index (Phi) is 5.33. The first-order valence-corrected chi connectivity index (χ1v) is 9.73. The minimum absolute atomic E-state index is 0.102. The molecule has 2 heterocycles. The van der Waals surface area contributed by atoms with Crippen molar-refractivity contribution in [2.45, 2.75) is 13.0 Å². The number of benzene rings is 2. The van der Waals surface area contributed by atoms with E-state index in [2.05, 4.69) is 0 Å². The number of aliphatic hydroxyl groups is 1. The lowest BCUT2D eigenvalue weighted by atomic mass is 9.99. The van der Waals surface area contributed by atoms with E-state index in [1.165, 1.54) is 17.2 Å². The maximum Gasteiger partial charge on any atom is 0.300 e. The monoisotopic (exact) mass is 423 g/mol. The number of amides is 1. The molecule has 1 amide bonds. The van der Waals surface area contributed by atoms with Crippen molar-refractivity contribution in [1.29, 1.82) is 0 Å². The Balaban J connectivity index is 1.92. The molecular formula is C23H18ClNO5. The van der Waals surface area contributed by atoms with Crippen molar-refractivity contribution in [3.8, 4) is 5.75 Å². The molecule has 1 saturated heterocycles. The quantitative estimate of drug-likeness (QED) is 0.356. The number of aliphatic hydroxyl groups excluding tert-OH is 1. The van der Waals surface area contributed by atoms with Crippen LogP contribution in [0.25, 0.3) is 5.76 Å². The van der Waals surface area contributed by atoms with Crippen LogP contribution in [0.3, 0.4) is 0 Å². The van der Waals surface area contributed by atoms with Crippen molar-refractivity contribution in [3.63, 3.8) is 0 Å². The molecule has 1 aromatic heterocycles. The largest absolute Gasteiger partial charge is 0.507 e. The number of Topliss-reactive ketones (excluding diaryl/α,β-unsaturated/α-hetero) is 1. The summed E-state index contributed by atoms with van der Waals surface area (Å²) in [5.41, 5.74) is 0.605. The van der Waals surface area contributed by atoms with E-state index in [-0.39, 0.29) is 21.9 Å². The van der Waals surface area contributed by atoms with Crippen molar-refractivity contribution in [3.05, 3.63) is 88.8 Å². The Hall–Kier alpha value is -3.51. The molecule has 6 nitrogen and oxygen atoms in total. The summed E-state index contributed by atoms with van der Waals surface area (Å²) in [6.07, 6.45) is 1.45. The number of nitrogens with zero attached hydrogens (tertiary/aromatic N) is 1. The van der Waals surface area contributed by atoms with E-state index in [1.54, 1.807) is 54.6 Å². The predicted octanol–water partition coefficient (Wildman–Crippen LogP) is 4.96. The lowest BCUT2D eigenvalue weighted by Crippen LogP contribution is -2.29. The zero-order valence-electron chi connectivity index (χ0n) is 16.0. The van der Waals surface area contributed by atoms with E-state index < -0.39 is 17.7 Å². The van der Waals surface area contributed by atoms with Crippen molar-refractivity contribution in [1.82, 2.24) is 0 Å². The van der Waals surface area contributed by atoms with E-state index in [4.69, 9.17) is 20.8 Å². The number of halogens is 1. The SMILES string of the molecule is CCOc1ccc(Cl)c(/C(O)=C2/C(=O)C(=O)N(c3ccccc3)C2c2ccco2)c1. The van der Waals surface area contributed by atoms with Gasteiger partial charge in [0.05, 0.1) is 23.5 Å². The summed E-state index contributed by atoms with van der Waals surface area (Å²) in [7, 11) is 0. The Morgan fingerprint density at radius 1 is 1.13 bits per heavy atom. The third-order valence-corrected chi connectivity index (χ3v) is 5.13. The van der Waals surface area contributed by atoms with Gasteiger partial charge in [0, 0.05) is 11.3 Å². The fourth-order valence-electron chi connectivity index (χ4n) is 3.49. The standard InChI is InChI=1S/C23H18ClNO5/c1-2-29-15-10-11-17(24)16(13-15)21(26)19-20(18-9-6-12-30-18)25(23(28)22(19)27)14-7-4-3-5-8-14/h3-13,20,26H,2H2,1H3/b21-19-. The van der Waals surface area contributed by atoms with E-state index in [1.807, 2.05) is 6.92 Å². The van der Waals surface area contributed by atoms with Gasteiger partial charge in [-0.1, -0.05) is 29.8 Å². The molecule has 2 aromatic carbocycles. The molecule has 1 atom stereocenters. The Morgan fingerprint density at radius 2 is 1.90 bits per heavy atom. The van der Waals surface area contributed by atoms with Crippen LogP contribution in [0.5, 0.6) is 5.75 Å². The second-order valence-corrected chi connectivity index (χ2v) is 7.00. The minimum atomic E-state index is -0.936. The number of rotatable bonds is 5. The van der Waals surface area contributed by atoms with Gasteiger partial charge in [0.1, 0.15) is 23.3 Å². The molecule has 1 fully saturated rings. The third kappa shape index (κ3) is 3.35. The van der Waals surface area contributed by atoms with Gasteiger partial charge in [-0.05, 0) is 49.4 Å². The molecule has 0 aliphatic carbocycles. The first-order chi connectivity index (χ1) is 14.5. The normalized spacial score (nSPS) is 18.1. The number of hydrogen-bond donors (Lipinski definition) is 1. The van der Waals surface area contributed by atoms with E-state index in [9.17, 15) is 14.7 Å². The zero-order valence-corrected chi connectivity index (χ0v) is 16.8. The van der Waals surface area contributed by atoms with Crippen LogP contribution in [0.15, 0.2) is 76.9 Å². The molecule has 152 valence electrons. The van der Waals surface area contributed by atoms with Crippen molar-refractivity contribution < 1.29 is 23.8 Å². The van der Waals surface area contributed by atoms with Gasteiger partial charge < -0.3 is 14.3 Å². The van der Waals surface area contributed by atoms with Crippen LogP contribution in [0.1, 0.15) is 24.3 Å². The van der Waals surface area contributed by atoms with Crippen LogP contribution in [-0.2, 0) is 9.59 Å². The van der Waals surface area contributed by atoms with Crippen LogP contribution in [0.4, 0.5) is 5.69 Å². The average molecular weight is 424 g/mol. The molecule has 1 unspecified atom stereocenters. The highest BCUT2D eigenvalue weighted by atomic mass is 35.5. The highest BCUT2D eigenvalue weighted by molar-refractivity contribution is 6.51. The Bertz CT molecular complexity index is 1120. The summed E-state index contributed by atoms with van der Waals surface area (Å²) in [5.74, 6) is -1.15. The van der Waals surface area contributed by atoms with E-state index in [0.717, 1.165) is 0 Å². The van der Waals surface area contributed by atoms with Gasteiger partial charge in [0.15, 0.2) is 0 Å². The molecule has 4 rings (SSSR count). The molecule has 1 aliphatic rings. The maximum atomic E-state index is 13.0. The van der Waals surface area contributed by atoms with Gasteiger partial charge in [0.2, 0.25) is 0 Å². The second-order valence-electron chi connectivity index (χ2n) is 6.59. The van der Waals surface area contributed by atoms with Gasteiger partial charge >= 0.3 is 0 Å². The number of ether oxygens (including phenoxy) is 1. The topological polar surface area (TPSA) is 80.0 Å². The molecule has 7 heteroatoms. The first-order valence-electron chi connectivity index (χ1n) is 9.35. The van der Waals surface area contributed by atoms with E-state index in [0.29, 0.717) is 23.8 Å². The molecule has 1 N–H and O–H groups in total. The Labute approximate surface area is 177 Å². The predicted molar refractivity (Wildman–Crippen MR) is 113 cm³/mol. The molecule has 0 saturated carbocycles. The number of carbonyl (C=O) groups is 2. The lowest BCUT2D eigenvalue weighted by Gasteiger charge is -2.23. The van der Waals surface area contributed by atoms with Gasteiger partial charge in [-0.25, -0.2) is 0 Å². The number of ketones is 1. The summed E-state index contributed by atoms with van der Waals surface area (Å²) in [6, 6.07) is 15.9. The smallest absolute Gasteiger partial charge is 0.300 e. The summed E-state index contributed by atoms with van der Waals surface area (Å²) < 4.78 is 11.0. The molecule has 30 heavy (non-hydrogen) atoms. The summed E-state index contributed by atoms with van der Waals surface area (Å²) >= 11 is 6.30. The number of carbonyl (C=O) groups excluding carboxylic acids is 2. The van der Waals surface area contributed by atoms with E-state index >= 15 is 0 Å². The summed E-state index contributed by atoms with van der Waals surface area (Å²) in [4.78, 5) is 27.3. The van der Waals surface area contributed by atoms with Crippen molar-refractivity contribution in [2.24, 2.45) is 0 Å². The van der Waals surface area contributed by atoms with Crippen LogP contribution in [0.2, 0.25) is 5.02 Å². The zero-order chi connectivity index (χ0) is 21.3. The number of furan rings is 1. The highest BCUT2D eigenvalue weighted by Crippen LogP contribution is 2.43. The number of anilines is 1. The van der Waals surface area contributed by atoms with Crippen molar-refractivity contribution in [2.75, 3.05) is 11.5 Å². The second kappa shape index (κ2) is 8.08. The van der Waals surface area contributed by atoms with Gasteiger partial charge in [0.25, 0.3) is 11.7 Å². The fourth-order valence-corrected chi connectivity index (χ4v) is 3.70. The van der Waals surface area contributed by atoms with Crippen LogP contribution < -0.4 is 9.64 Å².